The summed E-state index contributed by atoms with van der Waals surface area (Å²) in [7, 11) is 0. The van der Waals surface area contributed by atoms with Gasteiger partial charge in [0.25, 0.3) is 0 Å². The number of aliphatic carboxylic acids is 1. The zero-order valence-corrected chi connectivity index (χ0v) is 20.5. The molecule has 0 saturated heterocycles. The maximum absolute atomic E-state index is 11.7. The number of aromatic nitrogens is 1. The van der Waals surface area contributed by atoms with Crippen LogP contribution in [0.15, 0.2) is 54.6 Å². The van der Waals surface area contributed by atoms with Crippen molar-refractivity contribution in [1.29, 1.82) is 0 Å². The average molecular weight is 499 g/mol. The second-order valence-corrected chi connectivity index (χ2v) is 9.62. The minimum absolute atomic E-state index is 0.00877. The molecule has 8 heteroatoms. The third-order valence-corrected chi connectivity index (χ3v) is 6.64. The fraction of sp³-hybridized carbons (Fsp3) is 0.370. The van der Waals surface area contributed by atoms with Gasteiger partial charge in [0.2, 0.25) is 0 Å². The highest BCUT2D eigenvalue weighted by Gasteiger charge is 2.30. The summed E-state index contributed by atoms with van der Waals surface area (Å²) < 4.78 is 7.26. The second kappa shape index (κ2) is 11.1. The fourth-order valence-corrected chi connectivity index (χ4v) is 4.50. The molecule has 186 valence electrons. The number of hydrogen-bond donors (Lipinski definition) is 3. The summed E-state index contributed by atoms with van der Waals surface area (Å²) in [6.07, 6.45) is 2.37. The summed E-state index contributed by atoms with van der Waals surface area (Å²) in [5.41, 5.74) is 3.00. The summed E-state index contributed by atoms with van der Waals surface area (Å²) in [6.45, 7) is 4.06. The summed E-state index contributed by atoms with van der Waals surface area (Å²) in [6, 6.07) is 16.1. The maximum atomic E-state index is 11.7. The van der Waals surface area contributed by atoms with E-state index in [0.29, 0.717) is 30.6 Å². The Labute approximate surface area is 210 Å². The van der Waals surface area contributed by atoms with Gasteiger partial charge < -0.3 is 20.1 Å². The number of aromatic hydroxyl groups is 2. The van der Waals surface area contributed by atoms with Crippen molar-refractivity contribution in [1.82, 2.24) is 9.47 Å². The lowest BCUT2D eigenvalue weighted by Gasteiger charge is -2.32. The molecule has 0 bridgehead atoms. The fourth-order valence-electron chi connectivity index (χ4n) is 4.37. The maximum Gasteiger partial charge on any atom is 0.305 e. The zero-order valence-electron chi connectivity index (χ0n) is 19.7. The van der Waals surface area contributed by atoms with Crippen molar-refractivity contribution in [3.05, 3.63) is 76.3 Å². The van der Waals surface area contributed by atoms with E-state index < -0.39 is 5.97 Å². The number of hydrogen-bond acceptors (Lipinski definition) is 5. The lowest BCUT2D eigenvalue weighted by Crippen LogP contribution is -2.32. The van der Waals surface area contributed by atoms with Crippen LogP contribution in [0.5, 0.6) is 17.5 Å². The molecule has 1 atom stereocenters. The van der Waals surface area contributed by atoms with Gasteiger partial charge in [0.1, 0.15) is 12.4 Å². The van der Waals surface area contributed by atoms with Gasteiger partial charge in [-0.1, -0.05) is 35.9 Å². The Morgan fingerprint density at radius 3 is 2.40 bits per heavy atom. The van der Waals surface area contributed by atoms with Crippen molar-refractivity contribution in [3.8, 4) is 17.5 Å². The minimum Gasteiger partial charge on any atom is -0.494 e. The van der Waals surface area contributed by atoms with Crippen LogP contribution in [-0.4, -0.2) is 43.9 Å². The number of ether oxygens (including phenoxy) is 1. The number of rotatable bonds is 12. The molecule has 1 aromatic heterocycles. The molecule has 2 aromatic carbocycles. The number of carboxylic acids is 1. The van der Waals surface area contributed by atoms with Crippen molar-refractivity contribution in [2.45, 2.75) is 45.3 Å². The Hall–Kier alpha value is -3.16. The lowest BCUT2D eigenvalue weighted by molar-refractivity contribution is -0.138. The summed E-state index contributed by atoms with van der Waals surface area (Å²) in [5.74, 6) is 0.485. The molecule has 1 saturated carbocycles. The Bertz CT molecular complexity index is 1140. The van der Waals surface area contributed by atoms with E-state index in [1.165, 1.54) is 29.5 Å². The van der Waals surface area contributed by atoms with Crippen LogP contribution in [0, 0.1) is 12.8 Å². The van der Waals surface area contributed by atoms with E-state index in [1.54, 1.807) is 0 Å². The molecule has 3 aromatic rings. The largest absolute Gasteiger partial charge is 0.494 e. The Balaban J connectivity index is 1.47. The van der Waals surface area contributed by atoms with Crippen molar-refractivity contribution in [3.63, 3.8) is 0 Å². The molecule has 1 aliphatic carbocycles. The Morgan fingerprint density at radius 1 is 1.11 bits per heavy atom. The first-order valence-electron chi connectivity index (χ1n) is 11.8. The molecule has 1 aliphatic rings. The van der Waals surface area contributed by atoms with Gasteiger partial charge in [-0.2, -0.15) is 0 Å². The number of carbonyl (C=O) groups is 1. The molecule has 7 nitrogen and oxygen atoms in total. The van der Waals surface area contributed by atoms with Crippen LogP contribution in [0.25, 0.3) is 0 Å². The first kappa shape index (κ1) is 24.9. The van der Waals surface area contributed by atoms with Gasteiger partial charge in [-0.3, -0.25) is 14.3 Å². The summed E-state index contributed by atoms with van der Waals surface area (Å²) in [4.78, 5) is 14.0. The standard InChI is InChI=1S/C27H31ClN2O5/c1-18-14-20(4-9-24(18)35-13-12-30-25(31)10-11-26(30)32)17-29(16-19-2-3-19)23(15-27(33)34)21-5-7-22(28)8-6-21/h4-11,14,19,23,31-32H,2-3,12-13,15-17H2,1H3,(H,33,34). The normalized spacial score (nSPS) is 14.3. The highest BCUT2D eigenvalue weighted by atomic mass is 35.5. The molecule has 1 fully saturated rings. The van der Waals surface area contributed by atoms with Crippen LogP contribution in [0.1, 0.15) is 42.0 Å². The number of benzene rings is 2. The molecule has 0 radical (unpaired) electrons. The highest BCUT2D eigenvalue weighted by molar-refractivity contribution is 6.30. The third-order valence-electron chi connectivity index (χ3n) is 6.39. The van der Waals surface area contributed by atoms with E-state index in [4.69, 9.17) is 16.3 Å². The minimum atomic E-state index is -0.828. The van der Waals surface area contributed by atoms with Crippen LogP contribution in [0.4, 0.5) is 0 Å². The van der Waals surface area contributed by atoms with Gasteiger partial charge in [-0.05, 0) is 60.6 Å². The van der Waals surface area contributed by atoms with E-state index in [1.807, 2.05) is 43.3 Å². The van der Waals surface area contributed by atoms with Crippen molar-refractivity contribution in [2.24, 2.45) is 5.92 Å². The molecule has 0 aliphatic heterocycles. The van der Waals surface area contributed by atoms with Crippen molar-refractivity contribution in [2.75, 3.05) is 13.2 Å². The Kier molecular flexibility index (Phi) is 7.88. The van der Waals surface area contributed by atoms with Gasteiger partial charge in [0, 0.05) is 36.3 Å². The van der Waals surface area contributed by atoms with Crippen LogP contribution in [0.3, 0.4) is 0 Å². The average Bonchev–Trinajstić information content (AvgIpc) is 3.58. The van der Waals surface area contributed by atoms with E-state index in [9.17, 15) is 20.1 Å². The molecule has 1 heterocycles. The predicted octanol–water partition coefficient (Wildman–Crippen LogP) is 5.37. The van der Waals surface area contributed by atoms with Crippen LogP contribution in [0.2, 0.25) is 5.02 Å². The first-order chi connectivity index (χ1) is 16.8. The highest BCUT2D eigenvalue weighted by Crippen LogP contribution is 2.35. The van der Waals surface area contributed by atoms with Gasteiger partial charge in [0.15, 0.2) is 11.8 Å². The molecule has 4 rings (SSSR count). The Morgan fingerprint density at radius 2 is 1.80 bits per heavy atom. The van der Waals surface area contributed by atoms with Crippen LogP contribution in [-0.2, 0) is 17.9 Å². The summed E-state index contributed by atoms with van der Waals surface area (Å²) in [5, 5.41) is 29.8. The number of nitrogens with zero attached hydrogens (tertiary/aromatic N) is 2. The summed E-state index contributed by atoms with van der Waals surface area (Å²) >= 11 is 6.07. The third kappa shape index (κ3) is 6.71. The van der Waals surface area contributed by atoms with Gasteiger partial charge in [0.05, 0.1) is 13.0 Å². The van der Waals surface area contributed by atoms with E-state index in [0.717, 1.165) is 29.0 Å². The first-order valence-corrected chi connectivity index (χ1v) is 12.2. The van der Waals surface area contributed by atoms with Crippen LogP contribution >= 0.6 is 11.6 Å². The molecular weight excluding hydrogens is 468 g/mol. The molecule has 0 spiro atoms. The molecular formula is C27H31ClN2O5. The van der Waals surface area contributed by atoms with Crippen molar-refractivity contribution >= 4 is 17.6 Å². The molecule has 3 N–H and O–H groups in total. The second-order valence-electron chi connectivity index (χ2n) is 9.19. The molecule has 1 unspecified atom stereocenters. The lowest BCUT2D eigenvalue weighted by atomic mass is 10.00. The van der Waals surface area contributed by atoms with E-state index in [2.05, 4.69) is 11.0 Å². The van der Waals surface area contributed by atoms with Gasteiger partial charge in [-0.25, -0.2) is 0 Å². The predicted molar refractivity (Wildman–Crippen MR) is 134 cm³/mol. The topological polar surface area (TPSA) is 95.2 Å². The van der Waals surface area contributed by atoms with Crippen molar-refractivity contribution < 1.29 is 24.9 Å². The number of carboxylic acid groups (broad SMARTS) is 1. The zero-order chi connectivity index (χ0) is 24.9. The smallest absolute Gasteiger partial charge is 0.305 e. The van der Waals surface area contributed by atoms with Gasteiger partial charge >= 0.3 is 5.97 Å². The number of aryl methyl sites for hydroxylation is 1. The molecule has 35 heavy (non-hydrogen) atoms. The van der Waals surface area contributed by atoms with Crippen LogP contribution < -0.4 is 4.74 Å². The molecule has 0 amide bonds. The van der Waals surface area contributed by atoms with E-state index >= 15 is 0 Å². The van der Waals surface area contributed by atoms with Gasteiger partial charge in [-0.15, -0.1) is 0 Å². The SMILES string of the molecule is Cc1cc(CN(CC2CC2)C(CC(=O)O)c2ccc(Cl)cc2)ccc1OCCn1c(O)ccc1O. The monoisotopic (exact) mass is 498 g/mol. The quantitative estimate of drug-likeness (QED) is 0.311. The van der Waals surface area contributed by atoms with E-state index in [-0.39, 0.29) is 24.2 Å². The number of halogens is 1.